The summed E-state index contributed by atoms with van der Waals surface area (Å²) in [4.78, 5) is 14.7. The molecule has 0 aromatic carbocycles. The van der Waals surface area contributed by atoms with Crippen LogP contribution in [0.15, 0.2) is 12.2 Å². The van der Waals surface area contributed by atoms with E-state index in [-0.39, 0.29) is 5.92 Å². The highest BCUT2D eigenvalue weighted by molar-refractivity contribution is 5.80. The number of allylic oxidation sites excluding steroid dienone is 2. The Morgan fingerprint density at radius 3 is 2.39 bits per heavy atom. The number of hydrogen-bond acceptors (Lipinski definition) is 2. The second kappa shape index (κ2) is 5.04. The van der Waals surface area contributed by atoms with Crippen LogP contribution < -0.4 is 5.32 Å². The van der Waals surface area contributed by atoms with Crippen LogP contribution in [0.3, 0.4) is 0 Å². The number of nitrogens with one attached hydrogen (secondary N) is 1. The largest absolute Gasteiger partial charge is 0.340 e. The fourth-order valence-corrected chi connectivity index (χ4v) is 3.93. The molecular formula is C15H24N2O. The SMILES string of the molecule is CCN(C(=O)C1CC=CC1)C1CC2CCC(C1)N2. The Morgan fingerprint density at radius 2 is 1.83 bits per heavy atom. The predicted molar refractivity (Wildman–Crippen MR) is 72.2 cm³/mol. The lowest BCUT2D eigenvalue weighted by Crippen LogP contribution is -2.51. The molecule has 0 radical (unpaired) electrons. The zero-order valence-corrected chi connectivity index (χ0v) is 11.3. The lowest BCUT2D eigenvalue weighted by molar-refractivity contribution is -0.138. The van der Waals surface area contributed by atoms with Crippen molar-refractivity contribution in [3.8, 4) is 0 Å². The summed E-state index contributed by atoms with van der Waals surface area (Å²) in [5, 5.41) is 3.66. The highest BCUT2D eigenvalue weighted by atomic mass is 16.2. The van der Waals surface area contributed by atoms with Gasteiger partial charge in [0.2, 0.25) is 5.91 Å². The van der Waals surface area contributed by atoms with Crippen LogP contribution in [-0.2, 0) is 4.79 Å². The minimum absolute atomic E-state index is 0.234. The number of carbonyl (C=O) groups excluding carboxylic acids is 1. The maximum absolute atomic E-state index is 12.6. The average Bonchev–Trinajstić information content (AvgIpc) is 3.00. The Hall–Kier alpha value is -0.830. The van der Waals surface area contributed by atoms with E-state index in [4.69, 9.17) is 0 Å². The van der Waals surface area contributed by atoms with Crippen LogP contribution in [0.1, 0.15) is 45.4 Å². The molecule has 1 aliphatic carbocycles. The molecule has 100 valence electrons. The number of nitrogens with zero attached hydrogens (tertiary/aromatic N) is 1. The first-order valence-corrected chi connectivity index (χ1v) is 7.49. The molecule has 3 nitrogen and oxygen atoms in total. The van der Waals surface area contributed by atoms with Crippen molar-refractivity contribution in [2.45, 2.75) is 63.6 Å². The zero-order chi connectivity index (χ0) is 12.5. The van der Waals surface area contributed by atoms with Crippen molar-refractivity contribution in [3.63, 3.8) is 0 Å². The van der Waals surface area contributed by atoms with Crippen LogP contribution >= 0.6 is 0 Å². The van der Waals surface area contributed by atoms with Gasteiger partial charge in [0.15, 0.2) is 0 Å². The topological polar surface area (TPSA) is 32.3 Å². The second-order valence-electron chi connectivity index (χ2n) is 6.03. The summed E-state index contributed by atoms with van der Waals surface area (Å²) in [7, 11) is 0. The number of carbonyl (C=O) groups is 1. The maximum atomic E-state index is 12.6. The lowest BCUT2D eigenvalue weighted by Gasteiger charge is -2.38. The monoisotopic (exact) mass is 248 g/mol. The molecule has 3 rings (SSSR count). The summed E-state index contributed by atoms with van der Waals surface area (Å²) < 4.78 is 0. The molecule has 3 aliphatic rings. The quantitative estimate of drug-likeness (QED) is 0.776. The van der Waals surface area contributed by atoms with Gasteiger partial charge in [-0.2, -0.15) is 0 Å². The van der Waals surface area contributed by atoms with E-state index >= 15 is 0 Å². The van der Waals surface area contributed by atoms with E-state index in [0.717, 1.165) is 32.2 Å². The summed E-state index contributed by atoms with van der Waals surface area (Å²) >= 11 is 0. The van der Waals surface area contributed by atoms with Gasteiger partial charge in [0.1, 0.15) is 0 Å². The first-order valence-electron chi connectivity index (χ1n) is 7.49. The second-order valence-corrected chi connectivity index (χ2v) is 6.03. The highest BCUT2D eigenvalue weighted by Gasteiger charge is 2.38. The van der Waals surface area contributed by atoms with Crippen molar-refractivity contribution in [2.24, 2.45) is 5.92 Å². The smallest absolute Gasteiger partial charge is 0.226 e. The van der Waals surface area contributed by atoms with Crippen molar-refractivity contribution in [3.05, 3.63) is 12.2 Å². The third kappa shape index (κ3) is 2.20. The molecule has 1 amide bonds. The Kier molecular flexibility index (Phi) is 3.42. The lowest BCUT2D eigenvalue weighted by atomic mass is 9.96. The van der Waals surface area contributed by atoms with Gasteiger partial charge in [-0.25, -0.2) is 0 Å². The molecule has 2 heterocycles. The Morgan fingerprint density at radius 1 is 1.22 bits per heavy atom. The Balaban J connectivity index is 1.66. The van der Waals surface area contributed by atoms with E-state index in [1.807, 2.05) is 0 Å². The van der Waals surface area contributed by atoms with Crippen molar-refractivity contribution in [1.82, 2.24) is 10.2 Å². The van der Waals surface area contributed by atoms with Crippen LogP contribution in [0, 0.1) is 5.92 Å². The van der Waals surface area contributed by atoms with Crippen molar-refractivity contribution in [1.29, 1.82) is 0 Å². The van der Waals surface area contributed by atoms with Gasteiger partial charge in [-0.3, -0.25) is 4.79 Å². The fourth-order valence-electron chi connectivity index (χ4n) is 3.93. The summed E-state index contributed by atoms with van der Waals surface area (Å²) in [6, 6.07) is 1.82. The van der Waals surface area contributed by atoms with Crippen LogP contribution in [0.2, 0.25) is 0 Å². The van der Waals surface area contributed by atoms with E-state index in [0.29, 0.717) is 24.0 Å². The van der Waals surface area contributed by atoms with Crippen LogP contribution in [-0.4, -0.2) is 35.5 Å². The van der Waals surface area contributed by atoms with E-state index in [1.165, 1.54) is 12.8 Å². The summed E-state index contributed by atoms with van der Waals surface area (Å²) in [5.74, 6) is 0.631. The molecule has 2 unspecified atom stereocenters. The molecule has 2 aliphatic heterocycles. The number of piperidine rings is 1. The number of fused-ring (bicyclic) bond motifs is 2. The number of hydrogen-bond donors (Lipinski definition) is 1. The zero-order valence-electron chi connectivity index (χ0n) is 11.3. The highest BCUT2D eigenvalue weighted by Crippen LogP contribution is 2.31. The van der Waals surface area contributed by atoms with Crippen molar-refractivity contribution >= 4 is 5.91 Å². The molecule has 2 fully saturated rings. The van der Waals surface area contributed by atoms with Crippen LogP contribution in [0.5, 0.6) is 0 Å². The standard InChI is InChI=1S/C15H24N2O/c1-2-17(15(18)11-5-3-4-6-11)14-9-12-7-8-13(10-14)16-12/h3-4,11-14,16H,2,5-10H2,1H3. The summed E-state index contributed by atoms with van der Waals surface area (Å²) in [6.07, 6.45) is 11.1. The molecule has 18 heavy (non-hydrogen) atoms. The molecule has 0 spiro atoms. The van der Waals surface area contributed by atoms with E-state index in [1.54, 1.807) is 0 Å². The number of rotatable bonds is 3. The molecule has 0 aromatic rings. The van der Waals surface area contributed by atoms with Gasteiger partial charge in [-0.05, 0) is 45.4 Å². The molecule has 0 saturated carbocycles. The summed E-state index contributed by atoms with van der Waals surface area (Å²) in [5.41, 5.74) is 0. The average molecular weight is 248 g/mol. The third-order valence-corrected chi connectivity index (χ3v) is 4.87. The van der Waals surface area contributed by atoms with Crippen molar-refractivity contribution < 1.29 is 4.79 Å². The van der Waals surface area contributed by atoms with Gasteiger partial charge in [0.05, 0.1) is 0 Å². The molecular weight excluding hydrogens is 224 g/mol. The van der Waals surface area contributed by atoms with Gasteiger partial charge < -0.3 is 10.2 Å². The van der Waals surface area contributed by atoms with E-state index in [9.17, 15) is 4.79 Å². The Bertz CT molecular complexity index is 332. The molecule has 2 bridgehead atoms. The van der Waals surface area contributed by atoms with E-state index < -0.39 is 0 Å². The maximum Gasteiger partial charge on any atom is 0.226 e. The first-order chi connectivity index (χ1) is 8.78. The summed E-state index contributed by atoms with van der Waals surface area (Å²) in [6.45, 7) is 3.00. The van der Waals surface area contributed by atoms with E-state index in [2.05, 4.69) is 29.3 Å². The third-order valence-electron chi connectivity index (χ3n) is 4.87. The van der Waals surface area contributed by atoms with Crippen molar-refractivity contribution in [2.75, 3.05) is 6.54 Å². The number of amides is 1. The van der Waals surface area contributed by atoms with Gasteiger partial charge in [-0.1, -0.05) is 12.2 Å². The normalized spacial score (nSPS) is 35.1. The molecule has 1 N–H and O–H groups in total. The first kappa shape index (κ1) is 12.2. The van der Waals surface area contributed by atoms with Gasteiger partial charge >= 0.3 is 0 Å². The minimum atomic E-state index is 0.234. The Labute approximate surface area is 110 Å². The molecule has 2 saturated heterocycles. The van der Waals surface area contributed by atoms with Gasteiger partial charge in [-0.15, -0.1) is 0 Å². The molecule has 2 atom stereocenters. The predicted octanol–water partition coefficient (Wildman–Crippen LogP) is 2.08. The minimum Gasteiger partial charge on any atom is -0.340 e. The van der Waals surface area contributed by atoms with Gasteiger partial charge in [0, 0.05) is 30.6 Å². The van der Waals surface area contributed by atoms with Crippen LogP contribution in [0.4, 0.5) is 0 Å². The molecule has 3 heteroatoms. The molecule has 0 aromatic heterocycles. The van der Waals surface area contributed by atoms with Crippen LogP contribution in [0.25, 0.3) is 0 Å². The van der Waals surface area contributed by atoms with Gasteiger partial charge in [0.25, 0.3) is 0 Å². The fraction of sp³-hybridized carbons (Fsp3) is 0.800.